The van der Waals surface area contributed by atoms with Gasteiger partial charge in [-0.15, -0.1) is 0 Å². The Morgan fingerprint density at radius 3 is 2.94 bits per heavy atom. The summed E-state index contributed by atoms with van der Waals surface area (Å²) in [4.78, 5) is 14.2. The average Bonchev–Trinajstić information content (AvgIpc) is 2.35. The molecular formula is C14H20N2O2. The number of nitrogens with zero attached hydrogens (tertiary/aromatic N) is 1. The number of hydrogen-bond acceptors (Lipinski definition) is 3. The highest BCUT2D eigenvalue weighted by molar-refractivity contribution is 5.98. The number of ether oxygens (including phenoxy) is 1. The summed E-state index contributed by atoms with van der Waals surface area (Å²) < 4.78 is 5.50. The maximum Gasteiger partial charge on any atom is 0.257 e. The molecular weight excluding hydrogens is 228 g/mol. The quantitative estimate of drug-likeness (QED) is 0.875. The third-order valence-electron chi connectivity index (χ3n) is 3.22. The van der Waals surface area contributed by atoms with Crippen LogP contribution in [0.5, 0.6) is 0 Å². The Bertz CT molecular complexity index is 443. The molecule has 0 aromatic heterocycles. The molecule has 1 aromatic rings. The van der Waals surface area contributed by atoms with Crippen molar-refractivity contribution in [2.75, 3.05) is 31.6 Å². The molecule has 1 saturated heterocycles. The van der Waals surface area contributed by atoms with Crippen LogP contribution < -0.4 is 10.2 Å². The van der Waals surface area contributed by atoms with E-state index in [1.165, 1.54) is 5.56 Å². The van der Waals surface area contributed by atoms with Crippen molar-refractivity contribution in [2.24, 2.45) is 0 Å². The number of likely N-dealkylation sites (N-methyl/N-ethyl adjacent to an activating group) is 1. The van der Waals surface area contributed by atoms with E-state index in [4.69, 9.17) is 4.74 Å². The molecule has 1 unspecified atom stereocenters. The molecule has 1 aliphatic rings. The van der Waals surface area contributed by atoms with E-state index < -0.39 is 0 Å². The molecule has 0 saturated carbocycles. The van der Waals surface area contributed by atoms with Gasteiger partial charge in [-0.25, -0.2) is 0 Å². The molecule has 1 fully saturated rings. The lowest BCUT2D eigenvalue weighted by Gasteiger charge is -2.33. The number of carbonyl (C=O) groups excluding carboxylic acids is 1. The summed E-state index contributed by atoms with van der Waals surface area (Å²) in [6.45, 7) is 5.85. The summed E-state index contributed by atoms with van der Waals surface area (Å²) in [6.07, 6.45) is -0.372. The largest absolute Gasteiger partial charge is 0.365 e. The number of amides is 1. The molecule has 18 heavy (non-hydrogen) atoms. The lowest BCUT2D eigenvalue weighted by molar-refractivity contribution is -0.133. The first-order valence-electron chi connectivity index (χ1n) is 6.28. The summed E-state index contributed by atoms with van der Waals surface area (Å²) in [5.41, 5.74) is 3.29. The number of anilines is 1. The second-order valence-electron chi connectivity index (χ2n) is 4.70. The Balaban J connectivity index is 2.26. The highest BCUT2D eigenvalue weighted by atomic mass is 16.5. The molecule has 2 rings (SSSR count). The van der Waals surface area contributed by atoms with E-state index in [1.54, 1.807) is 0 Å². The van der Waals surface area contributed by atoms with Crippen molar-refractivity contribution in [3.05, 3.63) is 29.3 Å². The van der Waals surface area contributed by atoms with Crippen LogP contribution in [0.4, 0.5) is 5.69 Å². The molecule has 98 valence electrons. The summed E-state index contributed by atoms with van der Waals surface area (Å²) in [5, 5.41) is 2.99. The van der Waals surface area contributed by atoms with E-state index in [-0.39, 0.29) is 12.0 Å². The Hall–Kier alpha value is -1.39. The molecule has 0 radical (unpaired) electrons. The Morgan fingerprint density at radius 2 is 2.22 bits per heavy atom. The van der Waals surface area contributed by atoms with Gasteiger partial charge in [0.2, 0.25) is 0 Å². The van der Waals surface area contributed by atoms with Crippen molar-refractivity contribution in [1.82, 2.24) is 5.32 Å². The topological polar surface area (TPSA) is 41.6 Å². The number of aryl methyl sites for hydroxylation is 2. The van der Waals surface area contributed by atoms with Crippen LogP contribution in [0.1, 0.15) is 11.1 Å². The van der Waals surface area contributed by atoms with E-state index >= 15 is 0 Å². The average molecular weight is 248 g/mol. The predicted octanol–water partition coefficient (Wildman–Crippen LogP) is 1.25. The van der Waals surface area contributed by atoms with Gasteiger partial charge in [0.15, 0.2) is 0 Å². The van der Waals surface area contributed by atoms with Crippen molar-refractivity contribution in [3.63, 3.8) is 0 Å². The molecule has 4 nitrogen and oxygen atoms in total. The molecule has 0 spiro atoms. The summed E-state index contributed by atoms with van der Waals surface area (Å²) in [5.74, 6) is 0.0456. The van der Waals surface area contributed by atoms with Crippen LogP contribution in [-0.4, -0.2) is 38.8 Å². The van der Waals surface area contributed by atoms with E-state index in [9.17, 15) is 4.79 Å². The molecule has 1 heterocycles. The minimum absolute atomic E-state index is 0.0456. The smallest absolute Gasteiger partial charge is 0.257 e. The third-order valence-corrected chi connectivity index (χ3v) is 3.22. The number of benzene rings is 1. The van der Waals surface area contributed by atoms with Crippen molar-refractivity contribution in [3.8, 4) is 0 Å². The van der Waals surface area contributed by atoms with E-state index in [0.29, 0.717) is 19.7 Å². The predicted molar refractivity (Wildman–Crippen MR) is 71.9 cm³/mol. The van der Waals surface area contributed by atoms with Gasteiger partial charge in [-0.05, 0) is 38.1 Å². The van der Waals surface area contributed by atoms with Crippen LogP contribution >= 0.6 is 0 Å². The van der Waals surface area contributed by atoms with Crippen LogP contribution in [0, 0.1) is 13.8 Å². The minimum atomic E-state index is -0.372. The summed E-state index contributed by atoms with van der Waals surface area (Å²) in [6, 6.07) is 6.18. The number of carbonyl (C=O) groups is 1. The van der Waals surface area contributed by atoms with E-state index in [0.717, 1.165) is 11.3 Å². The molecule has 1 amide bonds. The van der Waals surface area contributed by atoms with Crippen molar-refractivity contribution >= 4 is 11.6 Å². The van der Waals surface area contributed by atoms with Crippen LogP contribution in [0.3, 0.4) is 0 Å². The summed E-state index contributed by atoms with van der Waals surface area (Å²) in [7, 11) is 1.83. The normalized spacial score (nSPS) is 20.3. The van der Waals surface area contributed by atoms with Gasteiger partial charge in [-0.1, -0.05) is 12.1 Å². The van der Waals surface area contributed by atoms with Gasteiger partial charge in [-0.3, -0.25) is 4.79 Å². The first-order chi connectivity index (χ1) is 8.63. The fraction of sp³-hybridized carbons (Fsp3) is 0.500. The fourth-order valence-electron chi connectivity index (χ4n) is 2.22. The van der Waals surface area contributed by atoms with Crippen LogP contribution in [0.2, 0.25) is 0 Å². The number of hydrogen-bond donors (Lipinski definition) is 1. The first kappa shape index (κ1) is 13.1. The van der Waals surface area contributed by atoms with Gasteiger partial charge in [0.25, 0.3) is 5.91 Å². The Morgan fingerprint density at radius 1 is 1.44 bits per heavy atom. The highest BCUT2D eigenvalue weighted by Gasteiger charge is 2.30. The molecule has 1 N–H and O–H groups in total. The zero-order valence-electron chi connectivity index (χ0n) is 11.2. The van der Waals surface area contributed by atoms with Crippen LogP contribution in [0.15, 0.2) is 18.2 Å². The van der Waals surface area contributed by atoms with Crippen molar-refractivity contribution in [2.45, 2.75) is 20.0 Å². The standard InChI is InChI=1S/C14H20N2O2/c1-10-4-5-11(2)12(8-10)16-6-7-18-13(9-15-3)14(16)17/h4-5,8,13,15H,6-7,9H2,1-3H3. The SMILES string of the molecule is CNCC1OCCN(c2cc(C)ccc2C)C1=O. The van der Waals surface area contributed by atoms with Crippen LogP contribution in [-0.2, 0) is 9.53 Å². The fourth-order valence-corrected chi connectivity index (χ4v) is 2.22. The van der Waals surface area contributed by atoms with Gasteiger partial charge < -0.3 is 15.0 Å². The highest BCUT2D eigenvalue weighted by Crippen LogP contribution is 2.24. The lowest BCUT2D eigenvalue weighted by atomic mass is 10.1. The lowest BCUT2D eigenvalue weighted by Crippen LogP contribution is -2.51. The third kappa shape index (κ3) is 2.54. The molecule has 1 aromatic carbocycles. The van der Waals surface area contributed by atoms with Crippen molar-refractivity contribution in [1.29, 1.82) is 0 Å². The second kappa shape index (κ2) is 5.50. The van der Waals surface area contributed by atoms with Gasteiger partial charge in [0, 0.05) is 18.8 Å². The molecule has 0 bridgehead atoms. The van der Waals surface area contributed by atoms with Crippen LogP contribution in [0.25, 0.3) is 0 Å². The second-order valence-corrected chi connectivity index (χ2v) is 4.70. The number of nitrogens with one attached hydrogen (secondary N) is 1. The molecule has 0 aliphatic carbocycles. The number of morpholine rings is 1. The van der Waals surface area contributed by atoms with Crippen molar-refractivity contribution < 1.29 is 9.53 Å². The molecule has 4 heteroatoms. The first-order valence-corrected chi connectivity index (χ1v) is 6.28. The van der Waals surface area contributed by atoms with E-state index in [1.807, 2.05) is 25.8 Å². The molecule has 1 atom stereocenters. The maximum absolute atomic E-state index is 12.3. The van der Waals surface area contributed by atoms with Gasteiger partial charge in [-0.2, -0.15) is 0 Å². The van der Waals surface area contributed by atoms with Gasteiger partial charge >= 0.3 is 0 Å². The number of rotatable bonds is 3. The zero-order chi connectivity index (χ0) is 13.1. The molecule has 1 aliphatic heterocycles. The Labute approximate surface area is 108 Å². The van der Waals surface area contributed by atoms with Gasteiger partial charge in [0.1, 0.15) is 6.10 Å². The maximum atomic E-state index is 12.3. The van der Waals surface area contributed by atoms with E-state index in [2.05, 4.69) is 23.5 Å². The monoisotopic (exact) mass is 248 g/mol. The summed E-state index contributed by atoms with van der Waals surface area (Å²) >= 11 is 0. The zero-order valence-corrected chi connectivity index (χ0v) is 11.2. The van der Waals surface area contributed by atoms with Gasteiger partial charge in [0.05, 0.1) is 6.61 Å². The minimum Gasteiger partial charge on any atom is -0.365 e. The Kier molecular flexibility index (Phi) is 3.99.